The largest absolute Gasteiger partial charge is 0.476 e. The summed E-state index contributed by atoms with van der Waals surface area (Å²) < 4.78 is 38.2. The van der Waals surface area contributed by atoms with Gasteiger partial charge in [0.25, 0.3) is 6.43 Å². The second-order valence-electron chi connectivity index (χ2n) is 7.73. The lowest BCUT2D eigenvalue weighted by Gasteiger charge is -2.23. The van der Waals surface area contributed by atoms with Crippen molar-refractivity contribution in [2.75, 3.05) is 5.75 Å². The summed E-state index contributed by atoms with van der Waals surface area (Å²) in [5.41, 5.74) is -1.27. The van der Waals surface area contributed by atoms with Gasteiger partial charge in [-0.05, 0) is 44.9 Å². The number of thioether (sulfide) groups is 1. The zero-order valence-electron chi connectivity index (χ0n) is 16.6. The number of allylic oxidation sites excluding steroid dienone is 1. The van der Waals surface area contributed by atoms with E-state index < -0.39 is 30.6 Å². The Morgan fingerprint density at radius 3 is 2.83 bits per heavy atom. The van der Waals surface area contributed by atoms with Gasteiger partial charge in [-0.3, -0.25) is 4.79 Å². The van der Waals surface area contributed by atoms with E-state index in [9.17, 15) is 27.9 Å². The van der Waals surface area contributed by atoms with Crippen LogP contribution in [0.15, 0.2) is 21.9 Å². The van der Waals surface area contributed by atoms with Crippen LogP contribution in [0, 0.1) is 11.8 Å². The van der Waals surface area contributed by atoms with Crippen LogP contribution in [0.2, 0.25) is 0 Å². The Kier molecular flexibility index (Phi) is 9.36. The number of halogens is 3. The second kappa shape index (κ2) is 11.3. The van der Waals surface area contributed by atoms with E-state index in [4.69, 9.17) is 5.11 Å². The summed E-state index contributed by atoms with van der Waals surface area (Å²) >= 11 is 2.68. The fraction of sp³-hybridized carbons (Fsp3) is 0.650. The Hall–Kier alpha value is -1.39. The van der Waals surface area contributed by atoms with Crippen molar-refractivity contribution in [3.05, 3.63) is 23.2 Å². The lowest BCUT2D eigenvalue weighted by molar-refractivity contribution is -0.121. The van der Waals surface area contributed by atoms with Crippen LogP contribution < -0.4 is 0 Å². The molecule has 4 atom stereocenters. The molecule has 0 saturated heterocycles. The first-order valence-electron chi connectivity index (χ1n) is 9.74. The molecule has 1 aliphatic carbocycles. The van der Waals surface area contributed by atoms with Crippen LogP contribution in [0.4, 0.5) is 13.2 Å². The predicted octanol–water partition coefficient (Wildman–Crippen LogP) is 5.00. The maximum absolute atomic E-state index is 13.0. The number of thiazole rings is 1. The molecule has 2 rings (SSSR count). The molecule has 2 N–H and O–H groups in total. The van der Waals surface area contributed by atoms with E-state index in [-0.39, 0.29) is 36.2 Å². The fourth-order valence-electron chi connectivity index (χ4n) is 3.41. The van der Waals surface area contributed by atoms with E-state index in [2.05, 4.69) is 4.98 Å². The van der Waals surface area contributed by atoms with E-state index in [0.29, 0.717) is 29.4 Å². The van der Waals surface area contributed by atoms with Gasteiger partial charge in [0.05, 0.1) is 5.60 Å². The molecule has 1 heterocycles. The second-order valence-corrected chi connectivity index (χ2v) is 9.93. The van der Waals surface area contributed by atoms with Crippen molar-refractivity contribution in [2.45, 2.75) is 68.0 Å². The van der Waals surface area contributed by atoms with Gasteiger partial charge < -0.3 is 10.2 Å². The monoisotopic (exact) mass is 465 g/mol. The summed E-state index contributed by atoms with van der Waals surface area (Å²) in [4.78, 5) is 27.1. The van der Waals surface area contributed by atoms with E-state index in [0.717, 1.165) is 0 Å². The molecule has 10 heteroatoms. The molecular weight excluding hydrogens is 439 g/mol. The highest BCUT2D eigenvalue weighted by Crippen LogP contribution is 2.35. The Balaban J connectivity index is 1.81. The smallest absolute Gasteiger partial charge is 0.355 e. The Morgan fingerprint density at radius 1 is 1.47 bits per heavy atom. The molecular formula is C20H26F3NO4S2. The first-order valence-corrected chi connectivity index (χ1v) is 11.6. The molecule has 30 heavy (non-hydrogen) atoms. The topological polar surface area (TPSA) is 87.5 Å². The van der Waals surface area contributed by atoms with Gasteiger partial charge in [0.15, 0.2) is 16.2 Å². The van der Waals surface area contributed by atoms with Crippen LogP contribution in [0.1, 0.15) is 55.9 Å². The molecule has 0 aromatic carbocycles. The number of carbonyl (C=O) groups excluding carboxylic acids is 1. The highest BCUT2D eigenvalue weighted by atomic mass is 32.2. The van der Waals surface area contributed by atoms with E-state index in [1.165, 1.54) is 35.4 Å². The van der Waals surface area contributed by atoms with Gasteiger partial charge in [0, 0.05) is 23.5 Å². The Bertz CT molecular complexity index is 754. The summed E-state index contributed by atoms with van der Waals surface area (Å²) in [5, 5.41) is 20.6. The number of carboxylic acid groups (broad SMARTS) is 1. The number of rotatable bonds is 12. The van der Waals surface area contributed by atoms with E-state index >= 15 is 0 Å². The van der Waals surface area contributed by atoms with Crippen molar-refractivity contribution in [3.8, 4) is 0 Å². The van der Waals surface area contributed by atoms with Gasteiger partial charge in [-0.25, -0.2) is 22.9 Å². The predicted molar refractivity (Wildman–Crippen MR) is 110 cm³/mol. The lowest BCUT2D eigenvalue weighted by atomic mass is 9.90. The summed E-state index contributed by atoms with van der Waals surface area (Å²) in [6, 6.07) is 0. The molecule has 0 amide bonds. The first-order chi connectivity index (χ1) is 14.1. The standard InChI is InChI=1S/C20H26F3NO4S2/c1-20(28,9-6-14(21)17(22)23)8-2-3-12-4-5-16(25)13(12)7-10-29-19-24-15(11-30-19)18(26)27/h2-3,11-14,17,28H,4-10H2,1H3,(H,26,27)/b3-2+/t12-,13-,14?,20+/m0/s1. The number of aliphatic hydroxyl groups is 1. The lowest BCUT2D eigenvalue weighted by Crippen LogP contribution is -2.26. The fourth-order valence-corrected chi connectivity index (χ4v) is 5.30. The molecule has 0 bridgehead atoms. The molecule has 1 unspecified atom stereocenters. The first kappa shape index (κ1) is 24.9. The molecule has 1 aromatic heterocycles. The van der Waals surface area contributed by atoms with Crippen LogP contribution in [-0.4, -0.2) is 50.9 Å². The number of aromatic carboxylic acids is 1. The van der Waals surface area contributed by atoms with Crippen LogP contribution in [0.5, 0.6) is 0 Å². The quantitative estimate of drug-likeness (QED) is 0.334. The minimum Gasteiger partial charge on any atom is -0.476 e. The van der Waals surface area contributed by atoms with Crippen molar-refractivity contribution in [3.63, 3.8) is 0 Å². The Morgan fingerprint density at radius 2 is 2.20 bits per heavy atom. The van der Waals surface area contributed by atoms with Crippen molar-refractivity contribution in [1.82, 2.24) is 4.98 Å². The summed E-state index contributed by atoms with van der Waals surface area (Å²) in [5.74, 6) is -0.362. The summed E-state index contributed by atoms with van der Waals surface area (Å²) in [7, 11) is 0. The number of alkyl halides is 3. The van der Waals surface area contributed by atoms with Gasteiger partial charge in [-0.15, -0.1) is 11.3 Å². The number of Topliss-reactive ketones (excluding diaryl/α,β-unsaturated/α-hetero) is 1. The minimum absolute atomic E-state index is 0.0138. The van der Waals surface area contributed by atoms with Crippen molar-refractivity contribution in [2.24, 2.45) is 11.8 Å². The van der Waals surface area contributed by atoms with E-state index in [1.54, 1.807) is 6.08 Å². The zero-order valence-corrected chi connectivity index (χ0v) is 18.2. The molecule has 0 radical (unpaired) electrons. The summed E-state index contributed by atoms with van der Waals surface area (Å²) in [6.07, 6.45) is -0.0803. The normalized spacial score (nSPS) is 22.7. The zero-order chi connectivity index (χ0) is 22.3. The van der Waals surface area contributed by atoms with Crippen LogP contribution in [-0.2, 0) is 4.79 Å². The van der Waals surface area contributed by atoms with Crippen molar-refractivity contribution >= 4 is 34.9 Å². The van der Waals surface area contributed by atoms with Crippen molar-refractivity contribution < 1.29 is 33.0 Å². The Labute approximate surface area is 181 Å². The average Bonchev–Trinajstić information content (AvgIpc) is 3.28. The molecule has 0 aliphatic heterocycles. The molecule has 1 aliphatic rings. The van der Waals surface area contributed by atoms with Crippen LogP contribution in [0.3, 0.4) is 0 Å². The number of nitrogens with zero attached hydrogens (tertiary/aromatic N) is 1. The van der Waals surface area contributed by atoms with Crippen molar-refractivity contribution in [1.29, 1.82) is 0 Å². The third-order valence-corrected chi connectivity index (χ3v) is 7.24. The number of carboxylic acids is 1. The number of aromatic nitrogens is 1. The summed E-state index contributed by atoms with van der Waals surface area (Å²) in [6.45, 7) is 1.49. The number of carbonyl (C=O) groups is 2. The average molecular weight is 466 g/mol. The third kappa shape index (κ3) is 7.70. The van der Waals surface area contributed by atoms with E-state index in [1.807, 2.05) is 6.08 Å². The molecule has 168 valence electrons. The van der Waals surface area contributed by atoms with Gasteiger partial charge in [-0.2, -0.15) is 0 Å². The van der Waals surface area contributed by atoms with Gasteiger partial charge in [-0.1, -0.05) is 23.9 Å². The highest BCUT2D eigenvalue weighted by molar-refractivity contribution is 8.01. The van der Waals surface area contributed by atoms with Crippen LogP contribution in [0.25, 0.3) is 0 Å². The molecule has 1 saturated carbocycles. The van der Waals surface area contributed by atoms with Gasteiger partial charge in [0.1, 0.15) is 5.78 Å². The van der Waals surface area contributed by atoms with Crippen LogP contribution >= 0.6 is 23.1 Å². The van der Waals surface area contributed by atoms with Gasteiger partial charge in [0.2, 0.25) is 0 Å². The molecule has 1 fully saturated rings. The SMILES string of the molecule is C[C@@](O)(C/C=C/[C@H]1CCC(=O)[C@H]1CCSc1nc(C(=O)O)cs1)CCC(F)C(F)F. The third-order valence-electron chi connectivity index (χ3n) is 5.18. The maximum atomic E-state index is 13.0. The number of ketones is 1. The van der Waals surface area contributed by atoms with Gasteiger partial charge >= 0.3 is 5.97 Å². The molecule has 5 nitrogen and oxygen atoms in total. The molecule has 0 spiro atoms. The maximum Gasteiger partial charge on any atom is 0.355 e. The minimum atomic E-state index is -3.04. The molecule has 1 aromatic rings. The highest BCUT2D eigenvalue weighted by Gasteiger charge is 2.33. The number of hydrogen-bond donors (Lipinski definition) is 2. The number of hydrogen-bond acceptors (Lipinski definition) is 6.